The second kappa shape index (κ2) is 6.14. The van der Waals surface area contributed by atoms with E-state index in [9.17, 15) is 0 Å². The molecule has 0 aliphatic heterocycles. The molecule has 0 saturated carbocycles. The first-order valence-corrected chi connectivity index (χ1v) is 8.47. The molecule has 5 heteroatoms. The highest BCUT2D eigenvalue weighted by Crippen LogP contribution is 2.34. The lowest BCUT2D eigenvalue weighted by Crippen LogP contribution is -2.17. The maximum Gasteiger partial charge on any atom is 0.0702 e. The van der Waals surface area contributed by atoms with Crippen LogP contribution in [0.3, 0.4) is 0 Å². The van der Waals surface area contributed by atoms with Crippen LogP contribution in [0.4, 0.5) is 0 Å². The molecule has 2 rings (SSSR count). The summed E-state index contributed by atoms with van der Waals surface area (Å²) in [6.07, 6.45) is 0. The molecule has 90 valence electrons. The summed E-state index contributed by atoms with van der Waals surface area (Å²) in [7, 11) is 1.99. The van der Waals surface area contributed by atoms with Crippen molar-refractivity contribution in [3.05, 3.63) is 52.6 Å². The van der Waals surface area contributed by atoms with Gasteiger partial charge in [0.05, 0.1) is 9.83 Å². The molecule has 0 aliphatic carbocycles. The van der Waals surface area contributed by atoms with E-state index in [1.807, 2.05) is 7.05 Å². The number of rotatable bonds is 3. The first-order chi connectivity index (χ1) is 8.11. The van der Waals surface area contributed by atoms with Crippen LogP contribution in [0.15, 0.2) is 38.6 Å². The predicted molar refractivity (Wildman–Crippen MR) is 89.8 cm³/mol. The summed E-state index contributed by atoms with van der Waals surface area (Å²) in [6, 6.07) is 10.9. The zero-order valence-corrected chi connectivity index (χ0v) is 15.2. The maximum absolute atomic E-state index is 3.63. The van der Waals surface area contributed by atoms with Gasteiger partial charge in [-0.05, 0) is 81.5 Å². The molecule has 1 aromatic heterocycles. The van der Waals surface area contributed by atoms with Crippen molar-refractivity contribution < 1.29 is 0 Å². The third-order valence-corrected chi connectivity index (χ3v) is 5.52. The Kier molecular flexibility index (Phi) is 5.06. The van der Waals surface area contributed by atoms with Crippen molar-refractivity contribution in [2.24, 2.45) is 0 Å². The minimum Gasteiger partial charge on any atom is -0.309 e. The van der Waals surface area contributed by atoms with Gasteiger partial charge in [-0.15, -0.1) is 11.3 Å². The lowest BCUT2D eigenvalue weighted by molar-refractivity contribution is 0.700. The van der Waals surface area contributed by atoms with Gasteiger partial charge in [0.1, 0.15) is 0 Å². The minimum absolute atomic E-state index is 0.232. The van der Waals surface area contributed by atoms with Crippen molar-refractivity contribution in [2.45, 2.75) is 6.04 Å². The molecular formula is C12H10Br2INS. The van der Waals surface area contributed by atoms with Gasteiger partial charge in [0.15, 0.2) is 0 Å². The Bertz CT molecular complexity index is 527. The van der Waals surface area contributed by atoms with Crippen LogP contribution in [-0.4, -0.2) is 7.05 Å². The average Bonchev–Trinajstić information content (AvgIpc) is 2.71. The molecule has 1 N–H and O–H groups in total. The Morgan fingerprint density at radius 3 is 2.59 bits per heavy atom. The van der Waals surface area contributed by atoms with Gasteiger partial charge in [-0.25, -0.2) is 0 Å². The number of benzene rings is 1. The van der Waals surface area contributed by atoms with Gasteiger partial charge in [0.2, 0.25) is 0 Å². The van der Waals surface area contributed by atoms with Gasteiger partial charge in [0, 0.05) is 12.9 Å². The van der Waals surface area contributed by atoms with Crippen LogP contribution in [-0.2, 0) is 0 Å². The zero-order valence-electron chi connectivity index (χ0n) is 9.01. The molecule has 0 fully saturated rings. The van der Waals surface area contributed by atoms with E-state index < -0.39 is 0 Å². The van der Waals surface area contributed by atoms with Crippen molar-refractivity contribution in [3.63, 3.8) is 0 Å². The molecule has 0 spiro atoms. The predicted octanol–water partition coefficient (Wildman–Crippen LogP) is 5.19. The number of thiophene rings is 1. The Labute approximate surface area is 135 Å². The molecule has 1 aromatic carbocycles. The lowest BCUT2D eigenvalue weighted by Gasteiger charge is -2.17. The molecule has 1 unspecified atom stereocenters. The summed E-state index contributed by atoms with van der Waals surface area (Å²) in [6.45, 7) is 0. The molecule has 0 bridgehead atoms. The fourth-order valence-electron chi connectivity index (χ4n) is 1.67. The molecule has 0 radical (unpaired) electrons. The third kappa shape index (κ3) is 3.32. The molecule has 0 amide bonds. The van der Waals surface area contributed by atoms with Gasteiger partial charge < -0.3 is 5.32 Å². The SMILES string of the molecule is CNC(c1ccc(Br)s1)c1cc(I)ccc1Br. The molecule has 0 saturated heterocycles. The van der Waals surface area contributed by atoms with Crippen LogP contribution in [0.5, 0.6) is 0 Å². The van der Waals surface area contributed by atoms with E-state index in [1.54, 1.807) is 11.3 Å². The number of hydrogen-bond acceptors (Lipinski definition) is 2. The smallest absolute Gasteiger partial charge is 0.0702 e. The van der Waals surface area contributed by atoms with Gasteiger partial charge in [-0.3, -0.25) is 0 Å². The summed E-state index contributed by atoms with van der Waals surface area (Å²) in [5.41, 5.74) is 1.27. The lowest BCUT2D eigenvalue weighted by atomic mass is 10.1. The number of halogens is 3. The van der Waals surface area contributed by atoms with Crippen molar-refractivity contribution in [2.75, 3.05) is 7.05 Å². The molecule has 0 aliphatic rings. The second-order valence-corrected chi connectivity index (χ2v) is 8.12. The fourth-order valence-corrected chi connectivity index (χ4v) is 4.21. The number of hydrogen-bond donors (Lipinski definition) is 1. The zero-order chi connectivity index (χ0) is 12.4. The molecular weight excluding hydrogens is 477 g/mol. The largest absolute Gasteiger partial charge is 0.309 e. The van der Waals surface area contributed by atoms with Crippen molar-refractivity contribution >= 4 is 65.8 Å². The van der Waals surface area contributed by atoms with E-state index in [2.05, 4.69) is 90.1 Å². The van der Waals surface area contributed by atoms with Gasteiger partial charge in [-0.2, -0.15) is 0 Å². The van der Waals surface area contributed by atoms with Crippen molar-refractivity contribution in [1.82, 2.24) is 5.32 Å². The molecule has 1 atom stereocenters. The fraction of sp³-hybridized carbons (Fsp3) is 0.167. The van der Waals surface area contributed by atoms with Crippen molar-refractivity contribution in [1.29, 1.82) is 0 Å². The first-order valence-electron chi connectivity index (χ1n) is 4.99. The molecule has 1 heterocycles. The number of nitrogens with one attached hydrogen (secondary N) is 1. The summed E-state index contributed by atoms with van der Waals surface area (Å²) in [4.78, 5) is 1.31. The maximum atomic E-state index is 3.63. The van der Waals surface area contributed by atoms with Crippen LogP contribution in [0, 0.1) is 3.57 Å². The van der Waals surface area contributed by atoms with Crippen LogP contribution in [0.1, 0.15) is 16.5 Å². The van der Waals surface area contributed by atoms with E-state index >= 15 is 0 Å². The monoisotopic (exact) mass is 485 g/mol. The summed E-state index contributed by atoms with van der Waals surface area (Å²) in [5.74, 6) is 0. The van der Waals surface area contributed by atoms with Gasteiger partial charge in [-0.1, -0.05) is 15.9 Å². The van der Waals surface area contributed by atoms with Crippen LogP contribution in [0.2, 0.25) is 0 Å². The normalized spacial score (nSPS) is 12.7. The highest BCUT2D eigenvalue weighted by Gasteiger charge is 2.16. The standard InChI is InChI=1S/C12H10Br2INS/c1-16-12(10-4-5-11(14)17-10)8-6-7(15)2-3-9(8)13/h2-6,12,16H,1H3. The van der Waals surface area contributed by atoms with E-state index in [4.69, 9.17) is 0 Å². The Balaban J connectivity index is 2.45. The quantitative estimate of drug-likeness (QED) is 0.589. The highest BCUT2D eigenvalue weighted by atomic mass is 127. The molecule has 1 nitrogen and oxygen atoms in total. The topological polar surface area (TPSA) is 12.0 Å². The van der Waals surface area contributed by atoms with E-state index in [1.165, 1.54) is 14.0 Å². The first kappa shape index (κ1) is 14.0. The molecule has 17 heavy (non-hydrogen) atoms. The summed E-state index contributed by atoms with van der Waals surface area (Å²) >= 11 is 11.2. The van der Waals surface area contributed by atoms with Crippen LogP contribution in [0.25, 0.3) is 0 Å². The minimum atomic E-state index is 0.232. The Hall–Kier alpha value is 0.570. The Morgan fingerprint density at radius 1 is 1.24 bits per heavy atom. The van der Waals surface area contributed by atoms with E-state index in [0.29, 0.717) is 0 Å². The summed E-state index contributed by atoms with van der Waals surface area (Å²) < 4.78 is 3.55. The summed E-state index contributed by atoms with van der Waals surface area (Å²) in [5, 5.41) is 3.37. The average molecular weight is 487 g/mol. The van der Waals surface area contributed by atoms with E-state index in [0.717, 1.165) is 8.26 Å². The van der Waals surface area contributed by atoms with Gasteiger partial charge >= 0.3 is 0 Å². The Morgan fingerprint density at radius 2 is 2.00 bits per heavy atom. The second-order valence-electron chi connectivity index (χ2n) is 3.53. The van der Waals surface area contributed by atoms with Gasteiger partial charge in [0.25, 0.3) is 0 Å². The molecule has 2 aromatic rings. The van der Waals surface area contributed by atoms with E-state index in [-0.39, 0.29) is 6.04 Å². The van der Waals surface area contributed by atoms with Crippen LogP contribution >= 0.6 is 65.8 Å². The van der Waals surface area contributed by atoms with Crippen LogP contribution < -0.4 is 5.32 Å². The van der Waals surface area contributed by atoms with Crippen molar-refractivity contribution in [3.8, 4) is 0 Å². The third-order valence-electron chi connectivity index (χ3n) is 2.44. The highest BCUT2D eigenvalue weighted by molar-refractivity contribution is 14.1.